The molecule has 0 radical (unpaired) electrons. The molecule has 0 saturated carbocycles. The zero-order valence-corrected chi connectivity index (χ0v) is 11.6. The number of nitrogens with two attached hydrogens (primary N) is 1. The van der Waals surface area contributed by atoms with Crippen LogP contribution in [0.2, 0.25) is 5.02 Å². The van der Waals surface area contributed by atoms with Crippen LogP contribution in [0.3, 0.4) is 0 Å². The second kappa shape index (κ2) is 5.38. The highest BCUT2D eigenvalue weighted by Crippen LogP contribution is 2.18. The fourth-order valence-corrected chi connectivity index (χ4v) is 1.91. The predicted molar refractivity (Wildman–Crippen MR) is 78.6 cm³/mol. The Morgan fingerprint density at radius 1 is 1.47 bits per heavy atom. The number of H-pyrrole nitrogens is 1. The molecule has 1 aromatic carbocycles. The summed E-state index contributed by atoms with van der Waals surface area (Å²) in [5, 5.41) is 9.60. The number of nitrogens with one attached hydrogen (secondary N) is 2. The van der Waals surface area contributed by atoms with Crippen LogP contribution in [0.5, 0.6) is 0 Å². The van der Waals surface area contributed by atoms with Crippen molar-refractivity contribution in [3.8, 4) is 0 Å². The number of amides is 1. The molecule has 1 aromatic heterocycles. The van der Waals surface area contributed by atoms with Gasteiger partial charge in [0.05, 0.1) is 11.8 Å². The van der Waals surface area contributed by atoms with Gasteiger partial charge in [-0.05, 0) is 24.6 Å². The van der Waals surface area contributed by atoms with E-state index in [1.54, 1.807) is 18.2 Å². The van der Waals surface area contributed by atoms with Crippen molar-refractivity contribution in [1.29, 1.82) is 0 Å². The van der Waals surface area contributed by atoms with Crippen LogP contribution in [-0.4, -0.2) is 21.1 Å². The van der Waals surface area contributed by atoms with E-state index in [2.05, 4.69) is 15.5 Å². The summed E-state index contributed by atoms with van der Waals surface area (Å²) in [4.78, 5) is 12.3. The van der Waals surface area contributed by atoms with Crippen LogP contribution in [-0.2, 0) is 0 Å². The highest BCUT2D eigenvalue weighted by atomic mass is 35.5. The fourth-order valence-electron chi connectivity index (χ4n) is 1.59. The summed E-state index contributed by atoms with van der Waals surface area (Å²) in [6, 6.07) is 5.10. The van der Waals surface area contributed by atoms with Gasteiger partial charge in [0, 0.05) is 10.6 Å². The van der Waals surface area contributed by atoms with E-state index in [9.17, 15) is 4.79 Å². The maximum atomic E-state index is 12.2. The molecule has 0 aliphatic rings. The van der Waals surface area contributed by atoms with Gasteiger partial charge >= 0.3 is 0 Å². The fraction of sp³-hybridized carbons (Fsp3) is 0.0833. The van der Waals surface area contributed by atoms with Gasteiger partial charge in [-0.1, -0.05) is 29.9 Å². The molecule has 0 aliphatic heterocycles. The van der Waals surface area contributed by atoms with E-state index in [1.807, 2.05) is 6.92 Å². The molecule has 0 saturated heterocycles. The van der Waals surface area contributed by atoms with Crippen molar-refractivity contribution in [2.75, 3.05) is 5.32 Å². The second-order valence-electron chi connectivity index (χ2n) is 3.94. The van der Waals surface area contributed by atoms with E-state index in [-0.39, 0.29) is 10.9 Å². The van der Waals surface area contributed by atoms with Crippen LogP contribution in [0.15, 0.2) is 24.4 Å². The molecular formula is C12H11ClN4OS. The molecule has 0 bridgehead atoms. The first-order valence-electron chi connectivity index (χ1n) is 5.39. The topological polar surface area (TPSA) is 83.8 Å². The van der Waals surface area contributed by atoms with Gasteiger partial charge in [-0.2, -0.15) is 5.10 Å². The number of aryl methyl sites for hydroxylation is 1. The summed E-state index contributed by atoms with van der Waals surface area (Å²) in [5.74, 6) is 0.0682. The number of carbonyl (C=O) groups is 1. The van der Waals surface area contributed by atoms with Gasteiger partial charge in [0.2, 0.25) is 0 Å². The monoisotopic (exact) mass is 294 g/mol. The van der Waals surface area contributed by atoms with Gasteiger partial charge < -0.3 is 11.1 Å². The van der Waals surface area contributed by atoms with E-state index in [1.165, 1.54) is 6.20 Å². The zero-order valence-electron chi connectivity index (χ0n) is 10.0. The van der Waals surface area contributed by atoms with Gasteiger partial charge in [-0.3, -0.25) is 9.89 Å². The Morgan fingerprint density at radius 2 is 2.21 bits per heavy atom. The Kier molecular flexibility index (Phi) is 3.82. The minimum Gasteiger partial charge on any atom is -0.389 e. The first kappa shape index (κ1) is 13.5. The molecule has 7 heteroatoms. The molecule has 2 aromatic rings. The van der Waals surface area contributed by atoms with Crippen LogP contribution < -0.4 is 11.1 Å². The summed E-state index contributed by atoms with van der Waals surface area (Å²) >= 11 is 10.7. The largest absolute Gasteiger partial charge is 0.389 e. The molecule has 1 heterocycles. The first-order chi connectivity index (χ1) is 8.99. The number of halogens is 1. The van der Waals surface area contributed by atoms with Crippen LogP contribution in [0.4, 0.5) is 5.82 Å². The number of nitrogens with zero attached hydrogens (tertiary/aromatic N) is 1. The average molecular weight is 295 g/mol. The van der Waals surface area contributed by atoms with E-state index in [0.717, 1.165) is 5.56 Å². The average Bonchev–Trinajstić information content (AvgIpc) is 2.80. The lowest BCUT2D eigenvalue weighted by Crippen LogP contribution is -2.17. The normalized spacial score (nSPS) is 10.2. The number of hydrogen-bond acceptors (Lipinski definition) is 3. The van der Waals surface area contributed by atoms with Gasteiger partial charge in [0.15, 0.2) is 0 Å². The Bertz CT molecular complexity index is 653. The summed E-state index contributed by atoms with van der Waals surface area (Å²) in [7, 11) is 0. The second-order valence-corrected chi connectivity index (χ2v) is 4.81. The predicted octanol–water partition coefficient (Wildman–Crippen LogP) is 2.26. The lowest BCUT2D eigenvalue weighted by Gasteiger charge is -2.07. The maximum absolute atomic E-state index is 12.2. The van der Waals surface area contributed by atoms with Crippen molar-refractivity contribution >= 4 is 40.5 Å². The number of hydrogen-bond donors (Lipinski definition) is 3. The summed E-state index contributed by atoms with van der Waals surface area (Å²) < 4.78 is 0. The number of rotatable bonds is 3. The van der Waals surface area contributed by atoms with Gasteiger partial charge in [-0.25, -0.2) is 0 Å². The number of aromatic amines is 1. The van der Waals surface area contributed by atoms with E-state index in [0.29, 0.717) is 22.0 Å². The van der Waals surface area contributed by atoms with Crippen molar-refractivity contribution in [3.63, 3.8) is 0 Å². The lowest BCUT2D eigenvalue weighted by atomic mass is 10.1. The van der Waals surface area contributed by atoms with Crippen molar-refractivity contribution in [2.24, 2.45) is 5.73 Å². The molecular weight excluding hydrogens is 284 g/mol. The molecule has 98 valence electrons. The molecule has 1 amide bonds. The van der Waals surface area contributed by atoms with Crippen molar-refractivity contribution in [2.45, 2.75) is 6.92 Å². The molecule has 19 heavy (non-hydrogen) atoms. The van der Waals surface area contributed by atoms with Crippen molar-refractivity contribution in [3.05, 3.63) is 46.1 Å². The Hall–Kier alpha value is -1.92. The van der Waals surface area contributed by atoms with Crippen molar-refractivity contribution < 1.29 is 4.79 Å². The third-order valence-electron chi connectivity index (χ3n) is 2.59. The molecule has 4 N–H and O–H groups in total. The van der Waals surface area contributed by atoms with Crippen LogP contribution in [0, 0.1) is 6.92 Å². The number of aromatic nitrogens is 2. The van der Waals surface area contributed by atoms with Gasteiger partial charge in [-0.15, -0.1) is 0 Å². The standard InChI is InChI=1S/C12H11ClN4OS/c1-6-2-3-7(13)4-8(6)12(18)16-11-9(10(14)19)5-15-17-11/h2-5H,1H3,(H2,14,19)(H2,15,16,17,18). The van der Waals surface area contributed by atoms with E-state index < -0.39 is 0 Å². The highest BCUT2D eigenvalue weighted by molar-refractivity contribution is 7.80. The molecule has 0 unspecified atom stereocenters. The zero-order chi connectivity index (χ0) is 14.0. The smallest absolute Gasteiger partial charge is 0.257 e. The number of benzene rings is 1. The molecule has 0 spiro atoms. The minimum absolute atomic E-state index is 0.159. The molecule has 0 fully saturated rings. The lowest BCUT2D eigenvalue weighted by molar-refractivity contribution is 0.102. The van der Waals surface area contributed by atoms with E-state index in [4.69, 9.17) is 29.6 Å². The molecule has 5 nitrogen and oxygen atoms in total. The van der Waals surface area contributed by atoms with Gasteiger partial charge in [0.25, 0.3) is 5.91 Å². The summed E-state index contributed by atoms with van der Waals surface area (Å²) in [5.41, 5.74) is 7.32. The third-order valence-corrected chi connectivity index (χ3v) is 3.04. The first-order valence-corrected chi connectivity index (χ1v) is 6.18. The summed E-state index contributed by atoms with van der Waals surface area (Å²) in [6.07, 6.45) is 1.46. The van der Waals surface area contributed by atoms with Crippen LogP contribution >= 0.6 is 23.8 Å². The third kappa shape index (κ3) is 2.91. The molecule has 0 aliphatic carbocycles. The van der Waals surface area contributed by atoms with E-state index >= 15 is 0 Å². The Balaban J connectivity index is 2.28. The van der Waals surface area contributed by atoms with Gasteiger partial charge in [0.1, 0.15) is 10.8 Å². The Morgan fingerprint density at radius 3 is 2.89 bits per heavy atom. The van der Waals surface area contributed by atoms with Crippen LogP contribution in [0.25, 0.3) is 0 Å². The Labute approximate surface area is 120 Å². The number of thiocarbonyl (C=S) groups is 1. The number of anilines is 1. The minimum atomic E-state index is -0.304. The summed E-state index contributed by atoms with van der Waals surface area (Å²) in [6.45, 7) is 1.83. The van der Waals surface area contributed by atoms with Crippen molar-refractivity contribution in [1.82, 2.24) is 10.2 Å². The highest BCUT2D eigenvalue weighted by Gasteiger charge is 2.14. The maximum Gasteiger partial charge on any atom is 0.257 e. The van der Waals surface area contributed by atoms with Crippen LogP contribution in [0.1, 0.15) is 21.5 Å². The number of carbonyl (C=O) groups excluding carboxylic acids is 1. The SMILES string of the molecule is Cc1ccc(Cl)cc1C(=O)Nc1[nH]ncc1C(N)=S. The molecule has 2 rings (SSSR count). The quantitative estimate of drug-likeness (QED) is 0.758. The molecule has 0 atom stereocenters.